The predicted octanol–water partition coefficient (Wildman–Crippen LogP) is 6.12. The van der Waals surface area contributed by atoms with Crippen molar-refractivity contribution >= 4 is 11.8 Å². The highest BCUT2D eigenvalue weighted by atomic mass is 19.4. The van der Waals surface area contributed by atoms with E-state index in [1.807, 2.05) is 20.8 Å². The molecule has 0 saturated heterocycles. The lowest BCUT2D eigenvalue weighted by Gasteiger charge is -2.29. The lowest BCUT2D eigenvalue weighted by atomic mass is 9.98. The van der Waals surface area contributed by atoms with E-state index in [4.69, 9.17) is 4.74 Å². The zero-order valence-electron chi connectivity index (χ0n) is 20.8. The molecule has 9 heteroatoms. The maximum absolute atomic E-state index is 13.5. The molecule has 2 amide bonds. The lowest BCUT2D eigenvalue weighted by Crippen LogP contribution is -2.46. The highest BCUT2D eigenvalue weighted by Gasteiger charge is 2.43. The van der Waals surface area contributed by atoms with Crippen LogP contribution in [-0.4, -0.2) is 27.4 Å². The van der Waals surface area contributed by atoms with E-state index in [1.165, 1.54) is 23.1 Å². The maximum atomic E-state index is 13.5. The molecule has 0 radical (unpaired) electrons. The number of carbonyl (C=O) groups excluding carboxylic acids is 2. The number of hydrogen-bond acceptors (Lipinski definition) is 4. The standard InChI is InChI=1S/C28H27F3N2O4/c1-16-21(34)14-13-20-23(16)26(36)33(24(20)25(35)32-27(2,3)4)15-17-7-5-6-8-22(17)37-19-11-9-18(10-12-19)28(29,30)31/h5-14,24,34H,15H2,1-4H3,(H,32,35). The molecule has 1 aliphatic rings. The highest BCUT2D eigenvalue weighted by Crippen LogP contribution is 2.41. The minimum Gasteiger partial charge on any atom is -0.508 e. The van der Waals surface area contributed by atoms with Gasteiger partial charge in [-0.25, -0.2) is 0 Å². The number of halogens is 3. The van der Waals surface area contributed by atoms with Crippen LogP contribution in [0, 0.1) is 6.92 Å². The Balaban J connectivity index is 1.68. The molecule has 1 heterocycles. The van der Waals surface area contributed by atoms with Gasteiger partial charge in [0.2, 0.25) is 5.91 Å². The van der Waals surface area contributed by atoms with Gasteiger partial charge in [-0.1, -0.05) is 24.3 Å². The normalized spacial score (nSPS) is 15.5. The van der Waals surface area contributed by atoms with E-state index >= 15 is 0 Å². The number of alkyl halides is 3. The molecule has 1 aliphatic heterocycles. The first-order valence-corrected chi connectivity index (χ1v) is 11.6. The monoisotopic (exact) mass is 512 g/mol. The second-order valence-corrected chi connectivity index (χ2v) is 9.98. The van der Waals surface area contributed by atoms with Crippen molar-refractivity contribution < 1.29 is 32.6 Å². The van der Waals surface area contributed by atoms with Gasteiger partial charge in [-0.2, -0.15) is 13.2 Å². The average Bonchev–Trinajstić information content (AvgIpc) is 3.08. The van der Waals surface area contributed by atoms with Gasteiger partial charge < -0.3 is 20.1 Å². The Morgan fingerprint density at radius 1 is 1.03 bits per heavy atom. The van der Waals surface area contributed by atoms with Gasteiger partial charge in [-0.3, -0.25) is 9.59 Å². The third-order valence-corrected chi connectivity index (χ3v) is 6.02. The molecule has 3 aromatic rings. The van der Waals surface area contributed by atoms with Gasteiger partial charge in [0.15, 0.2) is 0 Å². The molecule has 2 N–H and O–H groups in total. The van der Waals surface area contributed by atoms with Gasteiger partial charge in [0.1, 0.15) is 23.3 Å². The molecular weight excluding hydrogens is 485 g/mol. The summed E-state index contributed by atoms with van der Waals surface area (Å²) in [5.74, 6) is -0.303. The topological polar surface area (TPSA) is 78.9 Å². The number of fused-ring (bicyclic) bond motifs is 1. The molecule has 3 aromatic carbocycles. The number of phenolic OH excluding ortho intramolecular Hbond substituents is 1. The van der Waals surface area contributed by atoms with Gasteiger partial charge in [0, 0.05) is 16.7 Å². The number of carbonyl (C=O) groups is 2. The molecule has 0 aliphatic carbocycles. The predicted molar refractivity (Wildman–Crippen MR) is 131 cm³/mol. The lowest BCUT2D eigenvalue weighted by molar-refractivity contribution is -0.137. The second-order valence-electron chi connectivity index (χ2n) is 9.98. The van der Waals surface area contributed by atoms with Crippen LogP contribution in [0.5, 0.6) is 17.2 Å². The first-order valence-electron chi connectivity index (χ1n) is 11.6. The number of amides is 2. The van der Waals surface area contributed by atoms with Crippen LogP contribution in [-0.2, 0) is 17.5 Å². The first kappa shape index (κ1) is 26.1. The van der Waals surface area contributed by atoms with Crippen LogP contribution in [0.3, 0.4) is 0 Å². The number of aromatic hydroxyl groups is 1. The number of benzene rings is 3. The Bertz CT molecular complexity index is 1350. The Morgan fingerprint density at radius 3 is 2.30 bits per heavy atom. The van der Waals surface area contributed by atoms with Gasteiger partial charge in [0.05, 0.1) is 17.7 Å². The summed E-state index contributed by atoms with van der Waals surface area (Å²) in [6, 6.07) is 13.2. The summed E-state index contributed by atoms with van der Waals surface area (Å²) in [6.07, 6.45) is -4.46. The van der Waals surface area contributed by atoms with E-state index in [0.29, 0.717) is 22.4 Å². The highest BCUT2D eigenvalue weighted by molar-refractivity contribution is 6.06. The molecular formula is C28H27F3N2O4. The van der Waals surface area contributed by atoms with E-state index in [9.17, 15) is 27.9 Å². The van der Waals surface area contributed by atoms with E-state index in [0.717, 1.165) is 12.1 Å². The molecule has 1 unspecified atom stereocenters. The molecule has 0 spiro atoms. The Hall–Kier alpha value is -4.01. The smallest absolute Gasteiger partial charge is 0.416 e. The summed E-state index contributed by atoms with van der Waals surface area (Å²) < 4.78 is 44.6. The molecule has 0 saturated carbocycles. The van der Waals surface area contributed by atoms with Gasteiger partial charge in [-0.05, 0) is 69.7 Å². The van der Waals surface area contributed by atoms with Crippen molar-refractivity contribution in [3.05, 3.63) is 88.5 Å². The number of nitrogens with zero attached hydrogens (tertiary/aromatic N) is 1. The molecule has 194 valence electrons. The number of hydrogen-bond donors (Lipinski definition) is 2. The first-order chi connectivity index (χ1) is 17.3. The third-order valence-electron chi connectivity index (χ3n) is 6.02. The largest absolute Gasteiger partial charge is 0.508 e. The molecule has 1 atom stereocenters. The SMILES string of the molecule is Cc1c(O)ccc2c1C(=O)N(Cc1ccccc1Oc1ccc(C(F)(F)F)cc1)C2C(=O)NC(C)(C)C. The number of phenols is 1. The van der Waals surface area contributed by atoms with Crippen LogP contribution in [0.1, 0.15) is 59.4 Å². The summed E-state index contributed by atoms with van der Waals surface area (Å²) in [4.78, 5) is 28.3. The van der Waals surface area contributed by atoms with E-state index in [2.05, 4.69) is 5.32 Å². The quantitative estimate of drug-likeness (QED) is 0.432. The average molecular weight is 513 g/mol. The van der Waals surface area contributed by atoms with E-state index in [1.54, 1.807) is 37.3 Å². The van der Waals surface area contributed by atoms with Crippen LogP contribution in [0.25, 0.3) is 0 Å². The molecule has 37 heavy (non-hydrogen) atoms. The Kier molecular flexibility index (Phi) is 6.66. The number of ether oxygens (including phenoxy) is 1. The fourth-order valence-corrected chi connectivity index (χ4v) is 4.30. The van der Waals surface area contributed by atoms with E-state index in [-0.39, 0.29) is 29.5 Å². The zero-order chi connectivity index (χ0) is 27.1. The zero-order valence-corrected chi connectivity index (χ0v) is 20.8. The minimum atomic E-state index is -4.46. The number of para-hydroxylation sites is 1. The van der Waals surface area contributed by atoms with Gasteiger partial charge >= 0.3 is 6.18 Å². The maximum Gasteiger partial charge on any atom is 0.416 e. The Labute approximate surface area is 212 Å². The van der Waals surface area contributed by atoms with Gasteiger partial charge in [0.25, 0.3) is 5.91 Å². The van der Waals surface area contributed by atoms with Crippen LogP contribution >= 0.6 is 0 Å². The summed E-state index contributed by atoms with van der Waals surface area (Å²) >= 11 is 0. The van der Waals surface area contributed by atoms with Crippen molar-refractivity contribution in [1.29, 1.82) is 0 Å². The van der Waals surface area contributed by atoms with Crippen molar-refractivity contribution in [2.75, 3.05) is 0 Å². The Morgan fingerprint density at radius 2 is 1.68 bits per heavy atom. The van der Waals surface area contributed by atoms with Crippen molar-refractivity contribution in [2.45, 2.75) is 52.0 Å². The molecule has 0 bridgehead atoms. The second kappa shape index (κ2) is 9.46. The van der Waals surface area contributed by atoms with Crippen LogP contribution in [0.4, 0.5) is 13.2 Å². The molecule has 4 rings (SSSR count). The summed E-state index contributed by atoms with van der Waals surface area (Å²) in [5, 5.41) is 13.1. The summed E-state index contributed by atoms with van der Waals surface area (Å²) in [7, 11) is 0. The van der Waals surface area contributed by atoms with Crippen LogP contribution in [0.2, 0.25) is 0 Å². The van der Waals surface area contributed by atoms with Crippen LogP contribution in [0.15, 0.2) is 60.7 Å². The third kappa shape index (κ3) is 5.40. The van der Waals surface area contributed by atoms with Crippen molar-refractivity contribution in [3.8, 4) is 17.2 Å². The number of rotatable bonds is 5. The summed E-state index contributed by atoms with van der Waals surface area (Å²) in [5.41, 5.74) is 0.356. The van der Waals surface area contributed by atoms with Crippen molar-refractivity contribution in [2.24, 2.45) is 0 Å². The fraction of sp³-hybridized carbons (Fsp3) is 0.286. The fourth-order valence-electron chi connectivity index (χ4n) is 4.30. The minimum absolute atomic E-state index is 0.00719. The van der Waals surface area contributed by atoms with Gasteiger partial charge in [-0.15, -0.1) is 0 Å². The summed E-state index contributed by atoms with van der Waals surface area (Å²) in [6.45, 7) is 7.12. The molecule has 0 fully saturated rings. The van der Waals surface area contributed by atoms with Crippen LogP contribution < -0.4 is 10.1 Å². The van der Waals surface area contributed by atoms with Crippen molar-refractivity contribution in [1.82, 2.24) is 10.2 Å². The molecule has 0 aromatic heterocycles. The van der Waals surface area contributed by atoms with E-state index < -0.39 is 29.2 Å². The van der Waals surface area contributed by atoms with Crippen molar-refractivity contribution in [3.63, 3.8) is 0 Å². The number of nitrogens with one attached hydrogen (secondary N) is 1. The molecule has 6 nitrogen and oxygen atoms in total.